The molecule has 19 heavy (non-hydrogen) atoms. The van der Waals surface area contributed by atoms with Gasteiger partial charge in [0, 0.05) is 12.5 Å². The summed E-state index contributed by atoms with van der Waals surface area (Å²) in [6, 6.07) is 7.59. The van der Waals surface area contributed by atoms with E-state index in [1.807, 2.05) is 24.3 Å². The van der Waals surface area contributed by atoms with E-state index in [0.717, 1.165) is 37.0 Å². The van der Waals surface area contributed by atoms with Crippen LogP contribution in [0.4, 0.5) is 0 Å². The highest BCUT2D eigenvalue weighted by Crippen LogP contribution is 2.48. The first-order chi connectivity index (χ1) is 9.14. The van der Waals surface area contributed by atoms with Crippen LogP contribution in [0.25, 0.3) is 0 Å². The van der Waals surface area contributed by atoms with Crippen molar-refractivity contribution in [3.8, 4) is 5.75 Å². The highest BCUT2D eigenvalue weighted by atomic mass is 16.5. The van der Waals surface area contributed by atoms with Crippen LogP contribution in [0.15, 0.2) is 24.3 Å². The summed E-state index contributed by atoms with van der Waals surface area (Å²) < 4.78 is 5.13. The van der Waals surface area contributed by atoms with Gasteiger partial charge in [-0.2, -0.15) is 0 Å². The molecule has 104 valence electrons. The zero-order chi connectivity index (χ0) is 13.9. The number of methoxy groups -OCH3 is 1. The Bertz CT molecular complexity index is 435. The molecule has 0 radical (unpaired) electrons. The van der Waals surface area contributed by atoms with E-state index < -0.39 is 11.4 Å². The molecule has 4 heteroatoms. The average Bonchev–Trinajstić information content (AvgIpc) is 2.91. The molecule has 0 saturated heterocycles. The Labute approximate surface area is 113 Å². The van der Waals surface area contributed by atoms with E-state index in [1.54, 1.807) is 7.11 Å². The third kappa shape index (κ3) is 2.45. The third-order valence-corrected chi connectivity index (χ3v) is 4.34. The third-order valence-electron chi connectivity index (χ3n) is 4.34. The van der Waals surface area contributed by atoms with Gasteiger partial charge in [-0.25, -0.2) is 0 Å². The van der Waals surface area contributed by atoms with Gasteiger partial charge in [0.2, 0.25) is 0 Å². The molecule has 1 aliphatic rings. The lowest BCUT2D eigenvalue weighted by molar-refractivity contribution is -0.150. The first kappa shape index (κ1) is 13.9. The second-order valence-electron chi connectivity index (χ2n) is 5.23. The second-order valence-corrected chi connectivity index (χ2v) is 5.23. The van der Waals surface area contributed by atoms with Crippen LogP contribution in [0.1, 0.15) is 37.2 Å². The van der Waals surface area contributed by atoms with E-state index in [2.05, 4.69) is 0 Å². The summed E-state index contributed by atoms with van der Waals surface area (Å²) >= 11 is 0. The zero-order valence-corrected chi connectivity index (χ0v) is 11.3. The number of aliphatic carboxylic acids is 1. The highest BCUT2D eigenvalue weighted by molar-refractivity contribution is 5.76. The predicted molar refractivity (Wildman–Crippen MR) is 73.3 cm³/mol. The van der Waals surface area contributed by atoms with Crippen molar-refractivity contribution < 1.29 is 14.6 Å². The molecule has 0 heterocycles. The molecule has 1 aromatic carbocycles. The van der Waals surface area contributed by atoms with E-state index in [0.29, 0.717) is 6.54 Å². The Morgan fingerprint density at radius 2 is 1.95 bits per heavy atom. The fourth-order valence-corrected chi connectivity index (χ4v) is 3.23. The lowest BCUT2D eigenvalue weighted by atomic mass is 9.70. The SMILES string of the molecule is COc1ccc([C@@H](CN)C2(C(=O)O)CCCC2)cc1. The van der Waals surface area contributed by atoms with Crippen LogP contribution in [-0.2, 0) is 4.79 Å². The Morgan fingerprint density at radius 3 is 2.37 bits per heavy atom. The number of carbonyl (C=O) groups is 1. The summed E-state index contributed by atoms with van der Waals surface area (Å²) in [6.45, 7) is 0.360. The van der Waals surface area contributed by atoms with E-state index in [4.69, 9.17) is 10.5 Å². The Balaban J connectivity index is 2.34. The van der Waals surface area contributed by atoms with Crippen LogP contribution in [0, 0.1) is 5.41 Å². The van der Waals surface area contributed by atoms with Gasteiger partial charge >= 0.3 is 5.97 Å². The maximum atomic E-state index is 11.7. The molecule has 1 saturated carbocycles. The Morgan fingerprint density at radius 1 is 1.37 bits per heavy atom. The standard InChI is InChI=1S/C15H21NO3/c1-19-12-6-4-11(5-7-12)13(10-16)15(14(17)18)8-2-3-9-15/h4-7,13H,2-3,8-10,16H2,1H3,(H,17,18)/t13-/m1/s1. The van der Waals surface area contributed by atoms with Crippen molar-refractivity contribution in [1.29, 1.82) is 0 Å². The maximum Gasteiger partial charge on any atom is 0.310 e. The number of carboxylic acid groups (broad SMARTS) is 1. The summed E-state index contributed by atoms with van der Waals surface area (Å²) in [5, 5.41) is 9.65. The van der Waals surface area contributed by atoms with Gasteiger partial charge in [0.05, 0.1) is 12.5 Å². The van der Waals surface area contributed by atoms with Crippen molar-refractivity contribution in [3.05, 3.63) is 29.8 Å². The molecule has 1 aliphatic carbocycles. The van der Waals surface area contributed by atoms with Crippen LogP contribution < -0.4 is 10.5 Å². The van der Waals surface area contributed by atoms with E-state index in [-0.39, 0.29) is 5.92 Å². The van der Waals surface area contributed by atoms with Crippen molar-refractivity contribution in [2.24, 2.45) is 11.1 Å². The molecule has 0 unspecified atom stereocenters. The molecule has 2 rings (SSSR count). The Kier molecular flexibility index (Phi) is 4.10. The van der Waals surface area contributed by atoms with Crippen molar-refractivity contribution in [2.75, 3.05) is 13.7 Å². The minimum Gasteiger partial charge on any atom is -0.497 e. The largest absolute Gasteiger partial charge is 0.497 e. The number of hydrogen-bond acceptors (Lipinski definition) is 3. The van der Waals surface area contributed by atoms with Gasteiger partial charge in [-0.3, -0.25) is 4.79 Å². The molecule has 1 atom stereocenters. The van der Waals surface area contributed by atoms with Gasteiger partial charge in [-0.05, 0) is 30.5 Å². The lowest BCUT2D eigenvalue weighted by Gasteiger charge is -2.33. The quantitative estimate of drug-likeness (QED) is 0.855. The Hall–Kier alpha value is -1.55. The molecule has 1 aromatic rings. The zero-order valence-electron chi connectivity index (χ0n) is 11.3. The molecule has 0 bridgehead atoms. The van der Waals surface area contributed by atoms with Crippen molar-refractivity contribution in [3.63, 3.8) is 0 Å². The smallest absolute Gasteiger partial charge is 0.310 e. The number of ether oxygens (including phenoxy) is 1. The molecule has 1 fully saturated rings. The number of benzene rings is 1. The van der Waals surface area contributed by atoms with Crippen LogP contribution >= 0.6 is 0 Å². The fraction of sp³-hybridized carbons (Fsp3) is 0.533. The molecule has 0 aromatic heterocycles. The number of hydrogen-bond donors (Lipinski definition) is 2. The van der Waals surface area contributed by atoms with Gasteiger partial charge in [0.25, 0.3) is 0 Å². The normalized spacial score (nSPS) is 19.1. The van der Waals surface area contributed by atoms with E-state index >= 15 is 0 Å². The minimum absolute atomic E-state index is 0.126. The molecule has 0 spiro atoms. The molecule has 0 aliphatic heterocycles. The lowest BCUT2D eigenvalue weighted by Crippen LogP contribution is -2.38. The monoisotopic (exact) mass is 263 g/mol. The van der Waals surface area contributed by atoms with Gasteiger partial charge in [-0.15, -0.1) is 0 Å². The summed E-state index contributed by atoms with van der Waals surface area (Å²) in [7, 11) is 1.62. The van der Waals surface area contributed by atoms with Crippen molar-refractivity contribution in [2.45, 2.75) is 31.6 Å². The maximum absolute atomic E-state index is 11.7. The minimum atomic E-state index is -0.712. The first-order valence-electron chi connectivity index (χ1n) is 6.71. The summed E-state index contributed by atoms with van der Waals surface area (Å²) in [6.07, 6.45) is 3.38. The molecular weight excluding hydrogens is 242 g/mol. The molecule has 4 nitrogen and oxygen atoms in total. The van der Waals surface area contributed by atoms with Crippen LogP contribution in [0.3, 0.4) is 0 Å². The van der Waals surface area contributed by atoms with Crippen LogP contribution in [-0.4, -0.2) is 24.7 Å². The highest BCUT2D eigenvalue weighted by Gasteiger charge is 2.47. The van der Waals surface area contributed by atoms with E-state index in [9.17, 15) is 9.90 Å². The fourth-order valence-electron chi connectivity index (χ4n) is 3.23. The van der Waals surface area contributed by atoms with Crippen LogP contribution in [0.5, 0.6) is 5.75 Å². The second kappa shape index (κ2) is 5.61. The van der Waals surface area contributed by atoms with Gasteiger partial charge in [-0.1, -0.05) is 25.0 Å². The average molecular weight is 263 g/mol. The van der Waals surface area contributed by atoms with Gasteiger partial charge in [0.15, 0.2) is 0 Å². The first-order valence-corrected chi connectivity index (χ1v) is 6.71. The number of rotatable bonds is 5. The van der Waals surface area contributed by atoms with Gasteiger partial charge in [0.1, 0.15) is 5.75 Å². The summed E-state index contributed by atoms with van der Waals surface area (Å²) in [5.74, 6) is -0.0648. The van der Waals surface area contributed by atoms with Crippen LogP contribution in [0.2, 0.25) is 0 Å². The van der Waals surface area contributed by atoms with Crippen molar-refractivity contribution in [1.82, 2.24) is 0 Å². The molecular formula is C15H21NO3. The van der Waals surface area contributed by atoms with Crippen molar-refractivity contribution >= 4 is 5.97 Å². The van der Waals surface area contributed by atoms with Gasteiger partial charge < -0.3 is 15.6 Å². The topological polar surface area (TPSA) is 72.5 Å². The summed E-state index contributed by atoms with van der Waals surface area (Å²) in [4.78, 5) is 11.7. The molecule has 0 amide bonds. The number of carboxylic acids is 1. The van der Waals surface area contributed by atoms with E-state index in [1.165, 1.54) is 0 Å². The summed E-state index contributed by atoms with van der Waals surface area (Å²) in [5.41, 5.74) is 6.19. The number of nitrogens with two attached hydrogens (primary N) is 1. The molecule has 3 N–H and O–H groups in total. The predicted octanol–water partition coefficient (Wildman–Crippen LogP) is 2.38.